The second-order valence-electron chi connectivity index (χ2n) is 4.52. The molecule has 2 aromatic rings. The third kappa shape index (κ3) is 3.47. The molecular formula is C14H20N4O. The molecule has 102 valence electrons. The molecule has 0 unspecified atom stereocenters. The Labute approximate surface area is 113 Å². The minimum atomic E-state index is 0.117. The topological polar surface area (TPSA) is 52.0 Å². The van der Waals surface area contributed by atoms with Crippen molar-refractivity contribution >= 4 is 5.95 Å². The molecule has 0 saturated heterocycles. The number of aromatic nitrogens is 3. The summed E-state index contributed by atoms with van der Waals surface area (Å²) in [4.78, 5) is 8.56. The predicted octanol–water partition coefficient (Wildman–Crippen LogP) is 2.70. The smallest absolute Gasteiger partial charge is 0.218 e. The van der Waals surface area contributed by atoms with E-state index in [-0.39, 0.29) is 6.10 Å². The van der Waals surface area contributed by atoms with Crippen LogP contribution < -0.4 is 10.1 Å². The summed E-state index contributed by atoms with van der Waals surface area (Å²) in [6.45, 7) is 7.62. The van der Waals surface area contributed by atoms with Gasteiger partial charge in [-0.2, -0.15) is 0 Å². The molecule has 0 aliphatic rings. The highest BCUT2D eigenvalue weighted by Gasteiger charge is 2.07. The van der Waals surface area contributed by atoms with Crippen LogP contribution in [0.3, 0.4) is 0 Å². The van der Waals surface area contributed by atoms with E-state index in [4.69, 9.17) is 4.74 Å². The molecule has 0 bridgehead atoms. The zero-order valence-corrected chi connectivity index (χ0v) is 11.6. The second kappa shape index (κ2) is 6.22. The molecule has 0 fully saturated rings. The molecule has 2 rings (SSSR count). The molecule has 0 spiro atoms. The number of ether oxygens (including phenoxy) is 1. The molecule has 0 aliphatic carbocycles. The van der Waals surface area contributed by atoms with Crippen molar-refractivity contribution < 1.29 is 4.74 Å². The first-order chi connectivity index (χ1) is 9.20. The van der Waals surface area contributed by atoms with E-state index < -0.39 is 0 Å². The molecule has 5 heteroatoms. The van der Waals surface area contributed by atoms with Gasteiger partial charge in [0.2, 0.25) is 11.8 Å². The van der Waals surface area contributed by atoms with Crippen molar-refractivity contribution in [1.29, 1.82) is 0 Å². The van der Waals surface area contributed by atoms with Crippen molar-refractivity contribution in [3.05, 3.63) is 36.3 Å². The summed E-state index contributed by atoms with van der Waals surface area (Å²) < 4.78 is 7.75. The van der Waals surface area contributed by atoms with Gasteiger partial charge < -0.3 is 14.6 Å². The van der Waals surface area contributed by atoms with Crippen LogP contribution in [0.4, 0.5) is 5.95 Å². The fourth-order valence-corrected chi connectivity index (χ4v) is 1.79. The van der Waals surface area contributed by atoms with Crippen molar-refractivity contribution in [1.82, 2.24) is 14.5 Å². The third-order valence-corrected chi connectivity index (χ3v) is 2.69. The lowest BCUT2D eigenvalue weighted by atomic mass is 10.2. The average molecular weight is 260 g/mol. The van der Waals surface area contributed by atoms with Crippen LogP contribution >= 0.6 is 0 Å². The van der Waals surface area contributed by atoms with E-state index >= 15 is 0 Å². The molecule has 0 amide bonds. The van der Waals surface area contributed by atoms with Gasteiger partial charge in [0.15, 0.2) is 0 Å². The number of nitrogens with one attached hydrogen (secondary N) is 1. The number of hydrogen-bond donors (Lipinski definition) is 1. The van der Waals surface area contributed by atoms with Gasteiger partial charge in [-0.3, -0.25) is 0 Å². The van der Waals surface area contributed by atoms with E-state index in [1.54, 1.807) is 12.4 Å². The number of imidazole rings is 1. The van der Waals surface area contributed by atoms with Crippen LogP contribution in [0.15, 0.2) is 30.7 Å². The third-order valence-electron chi connectivity index (χ3n) is 2.69. The predicted molar refractivity (Wildman–Crippen MR) is 75.2 cm³/mol. The first-order valence-corrected chi connectivity index (χ1v) is 6.56. The molecular weight excluding hydrogens is 240 g/mol. The molecule has 2 aromatic heterocycles. The Hall–Kier alpha value is -2.04. The first kappa shape index (κ1) is 13.4. The molecule has 0 saturated carbocycles. The maximum Gasteiger partial charge on any atom is 0.218 e. The summed E-state index contributed by atoms with van der Waals surface area (Å²) in [5, 5.41) is 3.31. The van der Waals surface area contributed by atoms with Crippen LogP contribution in [-0.2, 0) is 13.1 Å². The molecule has 0 aromatic carbocycles. The lowest BCUT2D eigenvalue weighted by molar-refractivity contribution is 0.230. The zero-order chi connectivity index (χ0) is 13.7. The zero-order valence-electron chi connectivity index (χ0n) is 11.6. The minimum Gasteiger partial charge on any atom is -0.475 e. The van der Waals surface area contributed by atoms with Gasteiger partial charge in [0.05, 0.1) is 6.10 Å². The van der Waals surface area contributed by atoms with Crippen molar-refractivity contribution in [2.45, 2.75) is 40.0 Å². The van der Waals surface area contributed by atoms with Crippen LogP contribution in [0, 0.1) is 0 Å². The van der Waals surface area contributed by atoms with Gasteiger partial charge in [0.25, 0.3) is 0 Å². The summed E-state index contributed by atoms with van der Waals surface area (Å²) in [6.07, 6.45) is 5.61. The molecule has 0 atom stereocenters. The van der Waals surface area contributed by atoms with E-state index in [2.05, 4.69) is 26.8 Å². The van der Waals surface area contributed by atoms with Crippen molar-refractivity contribution in [2.75, 3.05) is 5.32 Å². The Balaban J connectivity index is 2.07. The molecule has 0 radical (unpaired) electrons. The SMILES string of the molecule is CCn1ccnc1NCc1cccnc1OC(C)C. The lowest BCUT2D eigenvalue weighted by Crippen LogP contribution is -2.12. The Kier molecular flexibility index (Phi) is 4.39. The lowest BCUT2D eigenvalue weighted by Gasteiger charge is -2.13. The van der Waals surface area contributed by atoms with E-state index in [9.17, 15) is 0 Å². The van der Waals surface area contributed by atoms with Crippen LogP contribution in [0.25, 0.3) is 0 Å². The van der Waals surface area contributed by atoms with Gasteiger partial charge in [-0.05, 0) is 26.8 Å². The van der Waals surface area contributed by atoms with E-state index in [0.717, 1.165) is 18.1 Å². The summed E-state index contributed by atoms with van der Waals surface area (Å²) in [7, 11) is 0. The quantitative estimate of drug-likeness (QED) is 0.867. The Morgan fingerprint density at radius 3 is 2.89 bits per heavy atom. The fourth-order valence-electron chi connectivity index (χ4n) is 1.79. The number of rotatable bonds is 6. The van der Waals surface area contributed by atoms with Crippen LogP contribution in [0.5, 0.6) is 5.88 Å². The van der Waals surface area contributed by atoms with Crippen molar-refractivity contribution in [3.63, 3.8) is 0 Å². The average Bonchev–Trinajstić information content (AvgIpc) is 2.84. The standard InChI is InChI=1S/C14H20N4O/c1-4-18-9-8-16-14(18)17-10-12-6-5-7-15-13(12)19-11(2)3/h5-9,11H,4,10H2,1-3H3,(H,16,17). The van der Waals surface area contributed by atoms with Gasteiger partial charge in [0, 0.05) is 37.2 Å². The summed E-state index contributed by atoms with van der Waals surface area (Å²) >= 11 is 0. The number of anilines is 1. The normalized spacial score (nSPS) is 10.7. The minimum absolute atomic E-state index is 0.117. The summed E-state index contributed by atoms with van der Waals surface area (Å²) in [6, 6.07) is 3.92. The van der Waals surface area contributed by atoms with Gasteiger partial charge >= 0.3 is 0 Å². The highest BCUT2D eigenvalue weighted by Crippen LogP contribution is 2.17. The largest absolute Gasteiger partial charge is 0.475 e. The van der Waals surface area contributed by atoms with Crippen molar-refractivity contribution in [2.24, 2.45) is 0 Å². The van der Waals surface area contributed by atoms with Crippen molar-refractivity contribution in [3.8, 4) is 5.88 Å². The summed E-state index contributed by atoms with van der Waals surface area (Å²) in [5.41, 5.74) is 1.03. The van der Waals surface area contributed by atoms with E-state index in [1.807, 2.05) is 32.2 Å². The number of hydrogen-bond acceptors (Lipinski definition) is 4. The molecule has 2 heterocycles. The second-order valence-corrected chi connectivity index (χ2v) is 4.52. The van der Waals surface area contributed by atoms with E-state index in [0.29, 0.717) is 12.4 Å². The van der Waals surface area contributed by atoms with Gasteiger partial charge in [-0.15, -0.1) is 0 Å². The molecule has 5 nitrogen and oxygen atoms in total. The van der Waals surface area contributed by atoms with Gasteiger partial charge in [-0.25, -0.2) is 9.97 Å². The van der Waals surface area contributed by atoms with Gasteiger partial charge in [0.1, 0.15) is 0 Å². The molecule has 1 N–H and O–H groups in total. The van der Waals surface area contributed by atoms with Crippen LogP contribution in [-0.4, -0.2) is 20.6 Å². The molecule has 19 heavy (non-hydrogen) atoms. The summed E-state index contributed by atoms with van der Waals surface area (Å²) in [5.74, 6) is 1.54. The fraction of sp³-hybridized carbons (Fsp3) is 0.429. The Morgan fingerprint density at radius 2 is 2.16 bits per heavy atom. The number of nitrogens with zero attached hydrogens (tertiary/aromatic N) is 3. The number of aryl methyl sites for hydroxylation is 1. The number of pyridine rings is 1. The maximum atomic E-state index is 5.69. The highest BCUT2D eigenvalue weighted by atomic mass is 16.5. The first-order valence-electron chi connectivity index (χ1n) is 6.56. The Morgan fingerprint density at radius 1 is 1.32 bits per heavy atom. The monoisotopic (exact) mass is 260 g/mol. The van der Waals surface area contributed by atoms with Crippen LogP contribution in [0.1, 0.15) is 26.3 Å². The Bertz CT molecular complexity index is 522. The maximum absolute atomic E-state index is 5.69. The highest BCUT2D eigenvalue weighted by molar-refractivity contribution is 5.32. The van der Waals surface area contributed by atoms with E-state index in [1.165, 1.54) is 0 Å². The molecule has 0 aliphatic heterocycles. The van der Waals surface area contributed by atoms with Crippen LogP contribution in [0.2, 0.25) is 0 Å². The van der Waals surface area contributed by atoms with Gasteiger partial charge in [-0.1, -0.05) is 6.07 Å².